The molecule has 11 nitrogen and oxygen atoms in total. The number of aryl methyl sites for hydroxylation is 2. The van der Waals surface area contributed by atoms with Crippen molar-refractivity contribution in [3.8, 4) is 17.5 Å². The SMILES string of the molecule is CCc1cc2cccc(C#Cc3cnn(C)c3)c2c(=O)n1-c1ccccc1.N=CN=Cc1[nH]nc(N)c1C(N)=O. The van der Waals surface area contributed by atoms with Crippen molar-refractivity contribution in [3.63, 3.8) is 0 Å². The lowest BCUT2D eigenvalue weighted by atomic mass is 10.0. The number of fused-ring (bicyclic) bond motifs is 1. The minimum absolute atomic E-state index is 0.0268. The van der Waals surface area contributed by atoms with Crippen LogP contribution in [0.1, 0.15) is 39.8 Å². The number of hydrogen-bond acceptors (Lipinski definition) is 6. The summed E-state index contributed by atoms with van der Waals surface area (Å²) < 4.78 is 3.50. The maximum absolute atomic E-state index is 13.4. The van der Waals surface area contributed by atoms with Crippen LogP contribution in [0.3, 0.4) is 0 Å². The number of nitrogens with one attached hydrogen (secondary N) is 2. The number of anilines is 1. The number of benzene rings is 2. The fraction of sp³-hybridized carbons (Fsp3) is 0.103. The van der Waals surface area contributed by atoms with Gasteiger partial charge in [-0.2, -0.15) is 10.2 Å². The highest BCUT2D eigenvalue weighted by Crippen LogP contribution is 2.19. The van der Waals surface area contributed by atoms with E-state index in [0.717, 1.165) is 40.7 Å². The number of H-pyrrole nitrogens is 1. The van der Waals surface area contributed by atoms with Gasteiger partial charge in [-0.25, -0.2) is 4.99 Å². The highest BCUT2D eigenvalue weighted by Gasteiger charge is 2.14. The quantitative estimate of drug-likeness (QED) is 0.154. The van der Waals surface area contributed by atoms with Gasteiger partial charge in [-0.1, -0.05) is 49.1 Å². The van der Waals surface area contributed by atoms with Crippen LogP contribution in [0.15, 0.2) is 76.8 Å². The van der Waals surface area contributed by atoms with E-state index in [4.69, 9.17) is 16.9 Å². The van der Waals surface area contributed by atoms with Crippen LogP contribution in [-0.4, -0.2) is 43.0 Å². The first-order chi connectivity index (χ1) is 19.3. The number of hydrogen-bond donors (Lipinski definition) is 4. The zero-order chi connectivity index (χ0) is 28.6. The Balaban J connectivity index is 0.000000240. The number of primary amides is 1. The van der Waals surface area contributed by atoms with Crippen LogP contribution in [-0.2, 0) is 13.5 Å². The zero-order valence-corrected chi connectivity index (χ0v) is 21.9. The highest BCUT2D eigenvalue weighted by molar-refractivity contribution is 6.04. The molecule has 40 heavy (non-hydrogen) atoms. The topological polar surface area (TPSA) is 174 Å². The predicted molar refractivity (Wildman–Crippen MR) is 156 cm³/mol. The minimum atomic E-state index is -0.683. The third-order valence-electron chi connectivity index (χ3n) is 5.89. The summed E-state index contributed by atoms with van der Waals surface area (Å²) in [6, 6.07) is 17.6. The van der Waals surface area contributed by atoms with E-state index in [9.17, 15) is 9.59 Å². The maximum atomic E-state index is 13.4. The van der Waals surface area contributed by atoms with Crippen LogP contribution < -0.4 is 17.0 Å². The van der Waals surface area contributed by atoms with E-state index >= 15 is 0 Å². The van der Waals surface area contributed by atoms with Gasteiger partial charge in [0.15, 0.2) is 5.82 Å². The van der Waals surface area contributed by atoms with E-state index in [2.05, 4.69) is 45.1 Å². The summed E-state index contributed by atoms with van der Waals surface area (Å²) in [4.78, 5) is 27.7. The molecule has 0 aliphatic carbocycles. The number of carbonyl (C=O) groups is 1. The lowest BCUT2D eigenvalue weighted by Crippen LogP contribution is -2.22. The van der Waals surface area contributed by atoms with E-state index < -0.39 is 5.91 Å². The van der Waals surface area contributed by atoms with E-state index in [1.54, 1.807) is 15.4 Å². The van der Waals surface area contributed by atoms with Gasteiger partial charge in [0.05, 0.1) is 29.1 Å². The van der Waals surface area contributed by atoms with Crippen molar-refractivity contribution in [1.82, 2.24) is 24.5 Å². The van der Waals surface area contributed by atoms with Crippen molar-refractivity contribution in [1.29, 1.82) is 5.41 Å². The Hall–Kier alpha value is -5.76. The average Bonchev–Trinajstić information content (AvgIpc) is 3.55. The fourth-order valence-electron chi connectivity index (χ4n) is 4.10. The number of nitrogen functional groups attached to an aromatic ring is 1. The first-order valence-electron chi connectivity index (χ1n) is 12.2. The summed E-state index contributed by atoms with van der Waals surface area (Å²) in [6.07, 6.45) is 6.41. The Kier molecular flexibility index (Phi) is 8.31. The van der Waals surface area contributed by atoms with E-state index in [-0.39, 0.29) is 16.9 Å². The molecule has 0 atom stereocenters. The molecular formula is C29H27N9O2. The normalized spacial score (nSPS) is 10.6. The van der Waals surface area contributed by atoms with Crippen molar-refractivity contribution < 1.29 is 4.79 Å². The number of aliphatic imine (C=N–C) groups is 1. The number of para-hydroxylation sites is 1. The van der Waals surface area contributed by atoms with Crippen LogP contribution in [0.5, 0.6) is 0 Å². The molecule has 0 fully saturated rings. The van der Waals surface area contributed by atoms with Crippen molar-refractivity contribution in [2.45, 2.75) is 13.3 Å². The molecule has 2 aromatic carbocycles. The monoisotopic (exact) mass is 533 g/mol. The summed E-state index contributed by atoms with van der Waals surface area (Å²) in [5.41, 5.74) is 14.1. The predicted octanol–water partition coefficient (Wildman–Crippen LogP) is 2.80. The summed E-state index contributed by atoms with van der Waals surface area (Å²) in [6.45, 7) is 2.06. The molecule has 0 spiro atoms. The maximum Gasteiger partial charge on any atom is 0.264 e. The molecule has 0 saturated heterocycles. The van der Waals surface area contributed by atoms with Gasteiger partial charge in [0, 0.05) is 30.2 Å². The molecule has 3 heterocycles. The lowest BCUT2D eigenvalue weighted by molar-refractivity contribution is 0.100. The van der Waals surface area contributed by atoms with Gasteiger partial charge in [-0.05, 0) is 36.1 Å². The van der Waals surface area contributed by atoms with Crippen molar-refractivity contribution in [2.24, 2.45) is 17.8 Å². The third kappa shape index (κ3) is 5.87. The third-order valence-corrected chi connectivity index (χ3v) is 5.89. The van der Waals surface area contributed by atoms with Gasteiger partial charge in [-0.15, -0.1) is 0 Å². The number of aromatic amines is 1. The van der Waals surface area contributed by atoms with Crippen LogP contribution in [0.2, 0.25) is 0 Å². The molecule has 200 valence electrons. The second-order valence-corrected chi connectivity index (χ2v) is 8.56. The Morgan fingerprint density at radius 3 is 2.60 bits per heavy atom. The number of nitrogens with two attached hydrogens (primary N) is 2. The largest absolute Gasteiger partial charge is 0.382 e. The molecular weight excluding hydrogens is 506 g/mol. The van der Waals surface area contributed by atoms with E-state index in [0.29, 0.717) is 11.1 Å². The summed E-state index contributed by atoms with van der Waals surface area (Å²) in [5, 5.41) is 18.4. The number of amides is 1. The molecule has 0 saturated carbocycles. The first kappa shape index (κ1) is 27.3. The van der Waals surface area contributed by atoms with Crippen LogP contribution in [0, 0.1) is 17.3 Å². The van der Waals surface area contributed by atoms with Crippen LogP contribution in [0.4, 0.5) is 5.82 Å². The lowest BCUT2D eigenvalue weighted by Gasteiger charge is -2.14. The number of carbonyl (C=O) groups excluding carboxylic acids is 1. The number of rotatable bonds is 5. The van der Waals surface area contributed by atoms with Gasteiger partial charge >= 0.3 is 0 Å². The van der Waals surface area contributed by atoms with Gasteiger partial charge < -0.3 is 11.5 Å². The molecule has 0 bridgehead atoms. The molecule has 1 amide bonds. The average molecular weight is 534 g/mol. The minimum Gasteiger partial charge on any atom is -0.382 e. The van der Waals surface area contributed by atoms with E-state index in [1.807, 2.05) is 61.8 Å². The molecule has 0 aliphatic rings. The van der Waals surface area contributed by atoms with Gasteiger partial charge in [-0.3, -0.25) is 29.3 Å². The van der Waals surface area contributed by atoms with E-state index in [1.165, 1.54) is 6.21 Å². The summed E-state index contributed by atoms with van der Waals surface area (Å²) in [5.74, 6) is 5.61. The van der Waals surface area contributed by atoms with Gasteiger partial charge in [0.25, 0.3) is 11.5 Å². The van der Waals surface area contributed by atoms with Crippen LogP contribution in [0.25, 0.3) is 16.5 Å². The number of aromatic nitrogens is 5. The molecule has 11 heteroatoms. The second-order valence-electron chi connectivity index (χ2n) is 8.56. The molecule has 3 aromatic heterocycles. The Labute approximate surface area is 229 Å². The summed E-state index contributed by atoms with van der Waals surface area (Å²) >= 11 is 0. The Morgan fingerprint density at radius 1 is 1.18 bits per heavy atom. The summed E-state index contributed by atoms with van der Waals surface area (Å²) in [7, 11) is 1.86. The smallest absolute Gasteiger partial charge is 0.264 e. The standard InChI is InChI=1S/C23H19N3O.C6H8N6O/c1-3-20-14-19-9-7-8-18(13-12-17-15-24-25(2)16-17)22(19)23(27)26(20)21-10-5-4-6-11-21;7-2-10-1-3-4(6(9)13)5(8)12-11-3/h4-11,14-16H,3H2,1-2H3;1-2,7H,(H2,9,13)(H3,8,11,12). The highest BCUT2D eigenvalue weighted by atomic mass is 16.1. The Morgan fingerprint density at radius 2 is 1.95 bits per heavy atom. The molecule has 5 aromatic rings. The molecule has 0 unspecified atom stereocenters. The van der Waals surface area contributed by atoms with Crippen molar-refractivity contribution in [3.05, 3.63) is 105 Å². The zero-order valence-electron chi connectivity index (χ0n) is 21.9. The molecule has 0 aliphatic heterocycles. The molecule has 0 radical (unpaired) electrons. The molecule has 6 N–H and O–H groups in total. The van der Waals surface area contributed by atoms with Gasteiger partial charge in [0.1, 0.15) is 11.9 Å². The van der Waals surface area contributed by atoms with Crippen molar-refractivity contribution >= 4 is 35.1 Å². The van der Waals surface area contributed by atoms with Crippen molar-refractivity contribution in [2.75, 3.05) is 5.73 Å². The number of nitrogens with zero attached hydrogens (tertiary/aromatic N) is 5. The van der Waals surface area contributed by atoms with Crippen LogP contribution >= 0.6 is 0 Å². The second kappa shape index (κ2) is 12.2. The fourth-order valence-corrected chi connectivity index (χ4v) is 4.10. The Bertz CT molecular complexity index is 1830. The number of pyridine rings is 1. The van der Waals surface area contributed by atoms with Gasteiger partial charge in [0.2, 0.25) is 0 Å². The first-order valence-corrected chi connectivity index (χ1v) is 12.2. The molecule has 5 rings (SSSR count).